The fourth-order valence-electron chi connectivity index (χ4n) is 4.09. The van der Waals surface area contributed by atoms with Crippen LogP contribution >= 0.6 is 11.6 Å². The molecule has 0 aliphatic carbocycles. The lowest BCUT2D eigenvalue weighted by Crippen LogP contribution is -2.32. The molecule has 0 saturated carbocycles. The number of halogens is 1. The van der Waals surface area contributed by atoms with Crippen LogP contribution in [0.5, 0.6) is 5.75 Å². The summed E-state index contributed by atoms with van der Waals surface area (Å²) in [5.41, 5.74) is 1.25. The van der Waals surface area contributed by atoms with E-state index in [4.69, 9.17) is 16.3 Å². The monoisotopic (exact) mass is 484 g/mol. The summed E-state index contributed by atoms with van der Waals surface area (Å²) in [7, 11) is 3.93. The van der Waals surface area contributed by atoms with Gasteiger partial charge in [-0.3, -0.25) is 9.59 Å². The maximum Gasteiger partial charge on any atom is 0.295 e. The molecular weight excluding hydrogens is 452 g/mol. The quantitative estimate of drug-likeness (QED) is 0.203. The summed E-state index contributed by atoms with van der Waals surface area (Å²) in [4.78, 5) is 29.8. The van der Waals surface area contributed by atoms with E-state index in [-0.39, 0.29) is 11.3 Å². The number of nitrogens with zero attached hydrogens (tertiary/aromatic N) is 2. The normalized spacial score (nSPS) is 17.6. The number of aliphatic hydroxyl groups is 1. The number of carbonyl (C=O) groups is 2. The van der Waals surface area contributed by atoms with Gasteiger partial charge in [0.05, 0.1) is 18.2 Å². The SMILES string of the molecule is CCCCCOc1cccc(C2C(=C(O)c3ccc(Cl)cc3)C(=O)C(=O)N2CCCN(C)C)c1. The Balaban J connectivity index is 2.01. The summed E-state index contributed by atoms with van der Waals surface area (Å²) in [5, 5.41) is 11.6. The fourth-order valence-corrected chi connectivity index (χ4v) is 4.22. The van der Waals surface area contributed by atoms with Crippen LogP contribution in [0.25, 0.3) is 5.76 Å². The molecule has 1 unspecified atom stereocenters. The molecule has 0 radical (unpaired) electrons. The lowest BCUT2D eigenvalue weighted by atomic mass is 9.95. The van der Waals surface area contributed by atoms with E-state index in [9.17, 15) is 14.7 Å². The van der Waals surface area contributed by atoms with Crippen molar-refractivity contribution in [1.29, 1.82) is 0 Å². The highest BCUT2D eigenvalue weighted by Gasteiger charge is 2.45. The molecule has 1 fully saturated rings. The summed E-state index contributed by atoms with van der Waals surface area (Å²) >= 11 is 5.99. The number of unbranched alkanes of at least 4 members (excludes halogenated alkanes) is 2. The van der Waals surface area contributed by atoms with Crippen LogP contribution < -0.4 is 4.74 Å². The molecule has 1 heterocycles. The molecule has 2 aromatic carbocycles. The number of amides is 1. The average molecular weight is 485 g/mol. The summed E-state index contributed by atoms with van der Waals surface area (Å²) < 4.78 is 5.92. The van der Waals surface area contributed by atoms with Crippen molar-refractivity contribution in [2.24, 2.45) is 0 Å². The van der Waals surface area contributed by atoms with Crippen LogP contribution in [0.1, 0.15) is 49.8 Å². The third kappa shape index (κ3) is 6.19. The predicted octanol–water partition coefficient (Wildman–Crippen LogP) is 5.28. The Morgan fingerprint density at radius 2 is 1.82 bits per heavy atom. The van der Waals surface area contributed by atoms with Crippen molar-refractivity contribution in [1.82, 2.24) is 9.80 Å². The van der Waals surface area contributed by atoms with Gasteiger partial charge in [-0.1, -0.05) is 43.5 Å². The van der Waals surface area contributed by atoms with Crippen molar-refractivity contribution in [2.75, 3.05) is 33.8 Å². The van der Waals surface area contributed by atoms with Gasteiger partial charge in [-0.15, -0.1) is 0 Å². The summed E-state index contributed by atoms with van der Waals surface area (Å²) in [6.45, 7) is 3.91. The molecule has 1 aliphatic rings. The molecule has 2 aromatic rings. The number of aliphatic hydroxyl groups excluding tert-OH is 1. The van der Waals surface area contributed by atoms with E-state index in [1.807, 2.05) is 43.3 Å². The van der Waals surface area contributed by atoms with Crippen molar-refractivity contribution >= 4 is 29.1 Å². The van der Waals surface area contributed by atoms with E-state index in [2.05, 4.69) is 6.92 Å². The Morgan fingerprint density at radius 1 is 1.09 bits per heavy atom. The lowest BCUT2D eigenvalue weighted by Gasteiger charge is -2.26. The van der Waals surface area contributed by atoms with Crippen molar-refractivity contribution in [3.05, 3.63) is 70.3 Å². The molecule has 1 atom stereocenters. The Morgan fingerprint density at radius 3 is 2.50 bits per heavy atom. The van der Waals surface area contributed by atoms with Crippen LogP contribution in [0.4, 0.5) is 0 Å². The number of likely N-dealkylation sites (tertiary alicyclic amines) is 1. The number of Topliss-reactive ketones (excluding diaryl/α,β-unsaturated/α-hetero) is 1. The molecule has 0 spiro atoms. The summed E-state index contributed by atoms with van der Waals surface area (Å²) in [6.07, 6.45) is 3.85. The number of ketones is 1. The molecule has 0 aromatic heterocycles. The first kappa shape index (κ1) is 25.8. The van der Waals surface area contributed by atoms with E-state index >= 15 is 0 Å². The number of ether oxygens (including phenoxy) is 1. The first-order chi connectivity index (χ1) is 16.3. The highest BCUT2D eigenvalue weighted by molar-refractivity contribution is 6.46. The molecule has 0 bridgehead atoms. The van der Waals surface area contributed by atoms with E-state index in [1.54, 1.807) is 29.2 Å². The molecule has 3 rings (SSSR count). The molecule has 7 heteroatoms. The average Bonchev–Trinajstić information content (AvgIpc) is 3.07. The Bertz CT molecular complexity index is 1030. The van der Waals surface area contributed by atoms with E-state index in [1.165, 1.54) is 0 Å². The molecule has 1 aliphatic heterocycles. The number of hydrogen-bond donors (Lipinski definition) is 1. The molecule has 1 saturated heterocycles. The van der Waals surface area contributed by atoms with Crippen molar-refractivity contribution < 1.29 is 19.4 Å². The van der Waals surface area contributed by atoms with E-state index in [0.717, 1.165) is 31.4 Å². The third-order valence-electron chi connectivity index (χ3n) is 5.85. The lowest BCUT2D eigenvalue weighted by molar-refractivity contribution is -0.139. The van der Waals surface area contributed by atoms with Crippen LogP contribution in [0.3, 0.4) is 0 Å². The zero-order chi connectivity index (χ0) is 24.7. The minimum atomic E-state index is -0.697. The second kappa shape index (κ2) is 12.0. The second-order valence-electron chi connectivity index (χ2n) is 8.78. The topological polar surface area (TPSA) is 70.1 Å². The van der Waals surface area contributed by atoms with Gasteiger partial charge in [-0.05, 0) is 75.4 Å². The minimum Gasteiger partial charge on any atom is -0.507 e. The zero-order valence-electron chi connectivity index (χ0n) is 20.1. The van der Waals surface area contributed by atoms with Crippen LogP contribution in [-0.2, 0) is 9.59 Å². The van der Waals surface area contributed by atoms with Gasteiger partial charge in [0.25, 0.3) is 11.7 Å². The van der Waals surface area contributed by atoms with Gasteiger partial charge in [0.15, 0.2) is 0 Å². The Hall–Kier alpha value is -2.83. The molecule has 34 heavy (non-hydrogen) atoms. The van der Waals surface area contributed by atoms with Crippen LogP contribution in [0.15, 0.2) is 54.1 Å². The van der Waals surface area contributed by atoms with Crippen LogP contribution in [-0.4, -0.2) is 60.4 Å². The third-order valence-corrected chi connectivity index (χ3v) is 6.10. The number of carbonyl (C=O) groups excluding carboxylic acids is 2. The Labute approximate surface area is 206 Å². The first-order valence-corrected chi connectivity index (χ1v) is 12.1. The van der Waals surface area contributed by atoms with Gasteiger partial charge in [0, 0.05) is 17.1 Å². The fraction of sp³-hybridized carbons (Fsp3) is 0.407. The molecular formula is C27H33ClN2O4. The molecule has 1 N–H and O–H groups in total. The predicted molar refractivity (Wildman–Crippen MR) is 135 cm³/mol. The van der Waals surface area contributed by atoms with Gasteiger partial charge < -0.3 is 19.6 Å². The second-order valence-corrected chi connectivity index (χ2v) is 9.22. The smallest absolute Gasteiger partial charge is 0.295 e. The van der Waals surface area contributed by atoms with E-state index in [0.29, 0.717) is 35.9 Å². The van der Waals surface area contributed by atoms with Crippen molar-refractivity contribution in [2.45, 2.75) is 38.6 Å². The highest BCUT2D eigenvalue weighted by Crippen LogP contribution is 2.40. The molecule has 6 nitrogen and oxygen atoms in total. The summed E-state index contributed by atoms with van der Waals surface area (Å²) in [5.74, 6) is -0.812. The standard InChI is InChI=1S/C27H33ClN2O4/c1-4-5-6-17-34-22-10-7-9-20(18-22)24-23(25(31)19-11-13-21(28)14-12-19)26(32)27(33)30(24)16-8-15-29(2)3/h7,9-14,18,24,31H,4-6,8,15-17H2,1-3H3. The van der Waals surface area contributed by atoms with Gasteiger partial charge >= 0.3 is 0 Å². The number of benzene rings is 2. The first-order valence-electron chi connectivity index (χ1n) is 11.7. The van der Waals surface area contributed by atoms with Gasteiger partial charge in [0.2, 0.25) is 0 Å². The maximum absolute atomic E-state index is 13.1. The minimum absolute atomic E-state index is 0.0836. The van der Waals surface area contributed by atoms with Gasteiger partial charge in [-0.25, -0.2) is 0 Å². The molecule has 1 amide bonds. The highest BCUT2D eigenvalue weighted by atomic mass is 35.5. The maximum atomic E-state index is 13.1. The van der Waals surface area contributed by atoms with Gasteiger partial charge in [0.1, 0.15) is 11.5 Å². The molecule has 182 valence electrons. The van der Waals surface area contributed by atoms with Crippen LogP contribution in [0, 0.1) is 0 Å². The van der Waals surface area contributed by atoms with Crippen LogP contribution in [0.2, 0.25) is 5.02 Å². The Kier molecular flexibility index (Phi) is 9.13. The van der Waals surface area contributed by atoms with E-state index < -0.39 is 17.7 Å². The number of hydrogen-bond acceptors (Lipinski definition) is 5. The number of rotatable bonds is 11. The van der Waals surface area contributed by atoms with Gasteiger partial charge in [-0.2, -0.15) is 0 Å². The van der Waals surface area contributed by atoms with Crippen molar-refractivity contribution in [3.63, 3.8) is 0 Å². The van der Waals surface area contributed by atoms with Crippen molar-refractivity contribution in [3.8, 4) is 5.75 Å². The largest absolute Gasteiger partial charge is 0.507 e. The zero-order valence-corrected chi connectivity index (χ0v) is 20.8. The summed E-state index contributed by atoms with van der Waals surface area (Å²) in [6, 6.07) is 13.3.